The van der Waals surface area contributed by atoms with Crippen molar-refractivity contribution in [3.05, 3.63) is 33.9 Å². The van der Waals surface area contributed by atoms with E-state index in [2.05, 4.69) is 5.32 Å². The molecule has 1 aromatic rings. The second-order valence-corrected chi connectivity index (χ2v) is 7.03. The molecule has 178 valence electrons. The van der Waals surface area contributed by atoms with Crippen LogP contribution in [0.5, 0.6) is 0 Å². The Hall–Kier alpha value is -3.26. The lowest BCUT2D eigenvalue weighted by Crippen LogP contribution is -2.44. The Labute approximate surface area is 176 Å². The van der Waals surface area contributed by atoms with E-state index in [4.69, 9.17) is 5.11 Å². The second-order valence-electron chi connectivity index (χ2n) is 7.03. The molecule has 0 aliphatic carbocycles. The van der Waals surface area contributed by atoms with Crippen molar-refractivity contribution >= 4 is 23.4 Å². The molecule has 9 nitrogen and oxygen atoms in total. The fourth-order valence-corrected chi connectivity index (χ4v) is 3.31. The van der Waals surface area contributed by atoms with Crippen LogP contribution in [0.4, 0.5) is 42.5 Å². The van der Waals surface area contributed by atoms with E-state index in [0.29, 0.717) is 18.9 Å². The number of nitro benzene ring substituents is 1. The summed E-state index contributed by atoms with van der Waals surface area (Å²) in [6.07, 6.45) is -10.3. The maximum Gasteiger partial charge on any atom is 0.407 e. The van der Waals surface area contributed by atoms with Gasteiger partial charge in [0.15, 0.2) is 0 Å². The van der Waals surface area contributed by atoms with Gasteiger partial charge in [-0.1, -0.05) is 0 Å². The van der Waals surface area contributed by atoms with Crippen LogP contribution in [-0.4, -0.2) is 76.4 Å². The van der Waals surface area contributed by atoms with Crippen molar-refractivity contribution in [1.82, 2.24) is 9.80 Å². The highest BCUT2D eigenvalue weighted by Crippen LogP contribution is 2.29. The number of rotatable bonds is 7. The molecule has 0 unspecified atom stereocenters. The van der Waals surface area contributed by atoms with Crippen LogP contribution in [0.2, 0.25) is 0 Å². The van der Waals surface area contributed by atoms with Crippen molar-refractivity contribution in [2.24, 2.45) is 0 Å². The van der Waals surface area contributed by atoms with Gasteiger partial charge in [0, 0.05) is 24.7 Å². The highest BCUT2D eigenvalue weighted by molar-refractivity contribution is 5.95. The fraction of sp³-hybridized carbons (Fsp3) is 0.529. The Morgan fingerprint density at radius 2 is 1.78 bits per heavy atom. The van der Waals surface area contributed by atoms with Gasteiger partial charge in [-0.2, -0.15) is 26.3 Å². The summed E-state index contributed by atoms with van der Waals surface area (Å²) >= 11 is 0. The molecule has 0 bridgehead atoms. The van der Waals surface area contributed by atoms with E-state index < -0.39 is 64.6 Å². The largest absolute Gasteiger partial charge is 0.465 e. The number of hydrogen-bond acceptors (Lipinski definition) is 5. The molecule has 1 atom stereocenters. The molecule has 2 N–H and O–H groups in total. The van der Waals surface area contributed by atoms with Gasteiger partial charge < -0.3 is 20.2 Å². The van der Waals surface area contributed by atoms with E-state index in [-0.39, 0.29) is 18.8 Å². The zero-order chi connectivity index (χ0) is 24.3. The molecule has 0 saturated carbocycles. The maximum atomic E-state index is 12.6. The number of amides is 2. The molecule has 1 fully saturated rings. The summed E-state index contributed by atoms with van der Waals surface area (Å²) in [5.74, 6) is -1.68. The van der Waals surface area contributed by atoms with E-state index in [9.17, 15) is 46.0 Å². The van der Waals surface area contributed by atoms with E-state index in [0.717, 1.165) is 17.0 Å². The monoisotopic (exact) mass is 472 g/mol. The number of carbonyl (C=O) groups excluding carboxylic acids is 1. The lowest BCUT2D eigenvalue weighted by molar-refractivity contribution is -0.384. The number of nitrogens with zero attached hydrogens (tertiary/aromatic N) is 3. The van der Waals surface area contributed by atoms with Gasteiger partial charge in [0.05, 0.1) is 11.0 Å². The Balaban J connectivity index is 2.25. The summed E-state index contributed by atoms with van der Waals surface area (Å²) in [5.41, 5.74) is -1.65. The third-order valence-corrected chi connectivity index (χ3v) is 4.62. The van der Waals surface area contributed by atoms with Crippen LogP contribution in [0, 0.1) is 10.1 Å². The lowest BCUT2D eigenvalue weighted by atomic mass is 10.1. The predicted octanol–water partition coefficient (Wildman–Crippen LogP) is 3.72. The molecule has 0 aromatic heterocycles. The summed E-state index contributed by atoms with van der Waals surface area (Å²) in [4.78, 5) is 34.5. The van der Waals surface area contributed by atoms with Crippen LogP contribution in [-0.2, 0) is 0 Å². The standard InChI is InChI=1S/C17H18F6N4O5/c18-16(19,20)8-25(9-17(21,22)23)14(28)10-3-4-12(13(6-10)27(31)32)24-7-11-2-1-5-26(11)15(29)30/h3-4,6,11,24H,1-2,5,7-9H2,(H,29,30)/t11-/m1/s1. The summed E-state index contributed by atoms with van der Waals surface area (Å²) in [5, 5.41) is 23.2. The Kier molecular flexibility index (Phi) is 7.41. The minimum Gasteiger partial charge on any atom is -0.465 e. The van der Waals surface area contributed by atoms with E-state index >= 15 is 0 Å². The smallest absolute Gasteiger partial charge is 0.407 e. The van der Waals surface area contributed by atoms with Gasteiger partial charge in [-0.05, 0) is 25.0 Å². The average Bonchev–Trinajstić information content (AvgIpc) is 3.11. The number of likely N-dealkylation sites (tertiary alicyclic amines) is 1. The van der Waals surface area contributed by atoms with Crippen molar-refractivity contribution in [3.8, 4) is 0 Å². The Morgan fingerprint density at radius 3 is 2.28 bits per heavy atom. The first-order chi connectivity index (χ1) is 14.7. The van der Waals surface area contributed by atoms with Crippen LogP contribution in [0.1, 0.15) is 23.2 Å². The molecule has 1 saturated heterocycles. The van der Waals surface area contributed by atoms with Crippen LogP contribution < -0.4 is 5.32 Å². The zero-order valence-electron chi connectivity index (χ0n) is 16.2. The van der Waals surface area contributed by atoms with Crippen molar-refractivity contribution in [2.45, 2.75) is 31.2 Å². The molecular formula is C17H18F6N4O5. The van der Waals surface area contributed by atoms with E-state index in [1.165, 1.54) is 0 Å². The van der Waals surface area contributed by atoms with Gasteiger partial charge in [-0.15, -0.1) is 0 Å². The van der Waals surface area contributed by atoms with E-state index in [1.54, 1.807) is 0 Å². The molecule has 32 heavy (non-hydrogen) atoms. The Bertz CT molecular complexity index is 860. The summed E-state index contributed by atoms with van der Waals surface area (Å²) in [6.45, 7) is -4.11. The minimum absolute atomic E-state index is 0.0191. The number of halogens is 6. The summed E-state index contributed by atoms with van der Waals surface area (Å²) < 4.78 is 75.8. The van der Waals surface area contributed by atoms with Crippen LogP contribution >= 0.6 is 0 Å². The summed E-state index contributed by atoms with van der Waals surface area (Å²) in [6, 6.07) is 1.93. The molecule has 0 radical (unpaired) electrons. The normalized spacial score (nSPS) is 16.7. The van der Waals surface area contributed by atoms with Crippen molar-refractivity contribution in [2.75, 3.05) is 31.5 Å². The third-order valence-electron chi connectivity index (χ3n) is 4.62. The quantitative estimate of drug-likeness (QED) is 0.355. The highest BCUT2D eigenvalue weighted by Gasteiger charge is 2.40. The SMILES string of the molecule is O=C(c1ccc(NC[C@H]2CCCN2C(=O)O)c([N+](=O)[O-])c1)N(CC(F)(F)F)CC(F)(F)F. The first kappa shape index (κ1) is 25.0. The van der Waals surface area contributed by atoms with Crippen LogP contribution in [0.25, 0.3) is 0 Å². The topological polar surface area (TPSA) is 116 Å². The Morgan fingerprint density at radius 1 is 1.19 bits per heavy atom. The number of hydrogen-bond donors (Lipinski definition) is 2. The molecule has 2 rings (SSSR count). The number of nitro groups is 1. The molecule has 1 aliphatic heterocycles. The number of carboxylic acid groups (broad SMARTS) is 1. The number of alkyl halides is 6. The van der Waals surface area contributed by atoms with Crippen molar-refractivity contribution < 1.29 is 46.0 Å². The van der Waals surface area contributed by atoms with Crippen LogP contribution in [0.3, 0.4) is 0 Å². The maximum absolute atomic E-state index is 12.6. The second kappa shape index (κ2) is 9.48. The third kappa shape index (κ3) is 6.88. The minimum atomic E-state index is -5.12. The lowest BCUT2D eigenvalue weighted by Gasteiger charge is -2.25. The van der Waals surface area contributed by atoms with Crippen molar-refractivity contribution in [1.29, 1.82) is 0 Å². The van der Waals surface area contributed by atoms with Gasteiger partial charge in [-0.25, -0.2) is 4.79 Å². The summed E-state index contributed by atoms with van der Waals surface area (Å²) in [7, 11) is 0. The number of benzene rings is 1. The molecule has 1 heterocycles. The zero-order valence-corrected chi connectivity index (χ0v) is 16.2. The van der Waals surface area contributed by atoms with Gasteiger partial charge >= 0.3 is 18.4 Å². The van der Waals surface area contributed by atoms with Crippen molar-refractivity contribution in [3.63, 3.8) is 0 Å². The molecule has 0 spiro atoms. The van der Waals surface area contributed by atoms with Gasteiger partial charge in [0.1, 0.15) is 18.8 Å². The predicted molar refractivity (Wildman–Crippen MR) is 97.4 cm³/mol. The van der Waals surface area contributed by atoms with Gasteiger partial charge in [0.2, 0.25) is 0 Å². The fourth-order valence-electron chi connectivity index (χ4n) is 3.31. The highest BCUT2D eigenvalue weighted by atomic mass is 19.4. The average molecular weight is 472 g/mol. The number of carbonyl (C=O) groups is 2. The molecular weight excluding hydrogens is 454 g/mol. The molecule has 1 aromatic carbocycles. The molecule has 2 amide bonds. The first-order valence-electron chi connectivity index (χ1n) is 9.12. The number of nitrogens with one attached hydrogen (secondary N) is 1. The molecule has 15 heteroatoms. The van der Waals surface area contributed by atoms with Gasteiger partial charge in [0.25, 0.3) is 11.6 Å². The van der Waals surface area contributed by atoms with Crippen LogP contribution in [0.15, 0.2) is 18.2 Å². The molecule has 1 aliphatic rings. The van der Waals surface area contributed by atoms with E-state index in [1.807, 2.05) is 0 Å². The number of anilines is 1. The first-order valence-corrected chi connectivity index (χ1v) is 9.12. The van der Waals surface area contributed by atoms with Gasteiger partial charge in [-0.3, -0.25) is 14.9 Å².